The van der Waals surface area contributed by atoms with E-state index in [4.69, 9.17) is 4.74 Å². The van der Waals surface area contributed by atoms with E-state index in [9.17, 15) is 4.79 Å². The van der Waals surface area contributed by atoms with E-state index in [0.29, 0.717) is 10.9 Å². The Hall–Kier alpha value is -2.02. The number of ether oxygens (including phenoxy) is 1. The first-order chi connectivity index (χ1) is 12.1. The maximum atomic E-state index is 12.5. The monoisotopic (exact) mass is 358 g/mol. The molecule has 1 fully saturated rings. The van der Waals surface area contributed by atoms with E-state index in [1.165, 1.54) is 24.6 Å². The van der Waals surface area contributed by atoms with Crippen molar-refractivity contribution in [1.82, 2.24) is 20.5 Å². The fraction of sp³-hybridized carbons (Fsp3) is 0.500. The minimum absolute atomic E-state index is 0.00213. The van der Waals surface area contributed by atoms with E-state index < -0.39 is 0 Å². The molecule has 1 aromatic heterocycles. The van der Waals surface area contributed by atoms with Crippen molar-refractivity contribution in [2.75, 3.05) is 5.75 Å². The molecule has 2 N–H and O–H groups in total. The van der Waals surface area contributed by atoms with Crippen LogP contribution in [0.3, 0.4) is 0 Å². The summed E-state index contributed by atoms with van der Waals surface area (Å²) in [5, 5.41) is 10.6. The van der Waals surface area contributed by atoms with E-state index in [1.54, 1.807) is 0 Å². The number of hydrogen-bond donors (Lipinski definition) is 2. The van der Waals surface area contributed by atoms with Crippen LogP contribution < -0.4 is 10.1 Å². The molecule has 7 heteroatoms. The molecule has 4 rings (SSSR count). The summed E-state index contributed by atoms with van der Waals surface area (Å²) in [6, 6.07) is 8.06. The molecule has 2 heterocycles. The fourth-order valence-electron chi connectivity index (χ4n) is 3.83. The lowest BCUT2D eigenvalue weighted by Gasteiger charge is -2.40. The van der Waals surface area contributed by atoms with Gasteiger partial charge in [0.05, 0.1) is 11.8 Å². The Kier molecular flexibility index (Phi) is 4.41. The average molecular weight is 358 g/mol. The van der Waals surface area contributed by atoms with Crippen LogP contribution in [-0.4, -0.2) is 32.4 Å². The third kappa shape index (κ3) is 3.51. The molecule has 2 aliphatic rings. The fourth-order valence-corrected chi connectivity index (χ4v) is 4.48. The van der Waals surface area contributed by atoms with Gasteiger partial charge in [0.1, 0.15) is 17.2 Å². The summed E-state index contributed by atoms with van der Waals surface area (Å²) in [6.45, 7) is 1.84. The summed E-state index contributed by atoms with van der Waals surface area (Å²) in [6.07, 6.45) is 5.38. The Morgan fingerprint density at radius 1 is 1.40 bits per heavy atom. The largest absolute Gasteiger partial charge is 0.487 e. The van der Waals surface area contributed by atoms with Crippen molar-refractivity contribution >= 4 is 17.7 Å². The average Bonchev–Trinajstić information content (AvgIpc) is 3.22. The van der Waals surface area contributed by atoms with Gasteiger partial charge in [-0.2, -0.15) is 0 Å². The molecule has 1 aliphatic heterocycles. The second-order valence-corrected chi connectivity index (χ2v) is 7.79. The van der Waals surface area contributed by atoms with Crippen LogP contribution in [0.1, 0.15) is 49.5 Å². The van der Waals surface area contributed by atoms with Crippen molar-refractivity contribution in [3.05, 3.63) is 35.7 Å². The van der Waals surface area contributed by atoms with Gasteiger partial charge >= 0.3 is 0 Å². The molecule has 1 saturated carbocycles. The number of carbonyl (C=O) groups is 1. The van der Waals surface area contributed by atoms with Crippen LogP contribution in [0.4, 0.5) is 0 Å². The normalized spacial score (nSPS) is 20.9. The lowest BCUT2D eigenvalue weighted by molar-refractivity contribution is -0.119. The molecule has 2 aromatic rings. The van der Waals surface area contributed by atoms with Gasteiger partial charge in [-0.3, -0.25) is 9.89 Å². The number of amides is 1. The molecule has 1 spiro atoms. The number of aromatic nitrogens is 3. The SMILES string of the molecule is Cc1nc(SCC(=O)N[C@@H]2CC3(CCCC3)Oc3ccccc32)n[nH]1. The number of thioether (sulfide) groups is 1. The second kappa shape index (κ2) is 6.71. The summed E-state index contributed by atoms with van der Waals surface area (Å²) in [7, 11) is 0. The van der Waals surface area contributed by atoms with E-state index >= 15 is 0 Å². The van der Waals surface area contributed by atoms with Crippen molar-refractivity contribution in [2.24, 2.45) is 0 Å². The zero-order valence-electron chi connectivity index (χ0n) is 14.2. The number of fused-ring (bicyclic) bond motifs is 1. The molecule has 132 valence electrons. The van der Waals surface area contributed by atoms with Crippen LogP contribution in [0.15, 0.2) is 29.4 Å². The highest BCUT2D eigenvalue weighted by atomic mass is 32.2. The zero-order valence-corrected chi connectivity index (χ0v) is 15.1. The number of aromatic amines is 1. The number of nitrogens with one attached hydrogen (secondary N) is 2. The Morgan fingerprint density at radius 2 is 2.20 bits per heavy atom. The molecule has 6 nitrogen and oxygen atoms in total. The summed E-state index contributed by atoms with van der Waals surface area (Å²) < 4.78 is 6.34. The van der Waals surface area contributed by atoms with Crippen LogP contribution in [0, 0.1) is 6.92 Å². The molecular weight excluding hydrogens is 336 g/mol. The smallest absolute Gasteiger partial charge is 0.230 e. The van der Waals surface area contributed by atoms with Crippen molar-refractivity contribution in [1.29, 1.82) is 0 Å². The van der Waals surface area contributed by atoms with Gasteiger partial charge in [-0.15, -0.1) is 5.10 Å². The lowest BCUT2D eigenvalue weighted by atomic mass is 9.86. The highest BCUT2D eigenvalue weighted by Gasteiger charge is 2.43. The van der Waals surface area contributed by atoms with Crippen molar-refractivity contribution < 1.29 is 9.53 Å². The van der Waals surface area contributed by atoms with Crippen LogP contribution in [0.2, 0.25) is 0 Å². The molecule has 25 heavy (non-hydrogen) atoms. The highest BCUT2D eigenvalue weighted by Crippen LogP contribution is 2.46. The molecule has 0 saturated heterocycles. The standard InChI is InChI=1S/C18H22N4O2S/c1-12-19-17(22-21-12)25-11-16(23)20-14-10-18(8-4-5-9-18)24-15-7-3-2-6-13(14)15/h2-3,6-7,14H,4-5,8-11H2,1H3,(H,20,23)(H,19,21,22)/t14-/m1/s1. The van der Waals surface area contributed by atoms with Gasteiger partial charge in [0.2, 0.25) is 11.1 Å². The van der Waals surface area contributed by atoms with Gasteiger partial charge in [0.15, 0.2) is 0 Å². The molecule has 1 aromatic carbocycles. The molecule has 1 aliphatic carbocycles. The number of rotatable bonds is 4. The number of para-hydroxylation sites is 1. The Bertz CT molecular complexity index is 770. The van der Waals surface area contributed by atoms with Gasteiger partial charge in [0, 0.05) is 12.0 Å². The minimum Gasteiger partial charge on any atom is -0.487 e. The quantitative estimate of drug-likeness (QED) is 0.821. The highest BCUT2D eigenvalue weighted by molar-refractivity contribution is 7.99. The van der Waals surface area contributed by atoms with E-state index in [0.717, 1.165) is 36.4 Å². The molecule has 0 unspecified atom stereocenters. The molecule has 0 bridgehead atoms. The predicted octanol–water partition coefficient (Wildman–Crippen LogP) is 3.16. The van der Waals surface area contributed by atoms with Crippen molar-refractivity contribution in [3.8, 4) is 5.75 Å². The topological polar surface area (TPSA) is 79.9 Å². The number of benzene rings is 1. The van der Waals surface area contributed by atoms with Crippen LogP contribution in [0.5, 0.6) is 5.75 Å². The lowest BCUT2D eigenvalue weighted by Crippen LogP contribution is -2.43. The second-order valence-electron chi connectivity index (χ2n) is 6.85. The summed E-state index contributed by atoms with van der Waals surface area (Å²) >= 11 is 1.35. The first kappa shape index (κ1) is 16.4. The Balaban J connectivity index is 1.45. The van der Waals surface area contributed by atoms with E-state index in [2.05, 4.69) is 20.5 Å². The minimum atomic E-state index is -0.111. The summed E-state index contributed by atoms with van der Waals surface area (Å²) in [4.78, 5) is 16.7. The maximum Gasteiger partial charge on any atom is 0.230 e. The predicted molar refractivity (Wildman–Crippen MR) is 95.6 cm³/mol. The number of aryl methyl sites for hydroxylation is 1. The summed E-state index contributed by atoms with van der Waals surface area (Å²) in [5.41, 5.74) is 0.965. The number of hydrogen-bond acceptors (Lipinski definition) is 5. The third-order valence-electron chi connectivity index (χ3n) is 4.96. The zero-order chi connectivity index (χ0) is 17.3. The molecule has 1 amide bonds. The number of nitrogens with zero attached hydrogens (tertiary/aromatic N) is 2. The number of carbonyl (C=O) groups excluding carboxylic acids is 1. The van der Waals surface area contributed by atoms with Crippen LogP contribution >= 0.6 is 11.8 Å². The van der Waals surface area contributed by atoms with Crippen molar-refractivity contribution in [3.63, 3.8) is 0 Å². The third-order valence-corrected chi connectivity index (χ3v) is 5.80. The van der Waals surface area contributed by atoms with E-state index in [1.807, 2.05) is 31.2 Å². The van der Waals surface area contributed by atoms with E-state index in [-0.39, 0.29) is 17.6 Å². The Morgan fingerprint density at radius 3 is 2.96 bits per heavy atom. The summed E-state index contributed by atoms with van der Waals surface area (Å²) in [5.74, 6) is 1.98. The molecular formula is C18H22N4O2S. The maximum absolute atomic E-state index is 12.5. The van der Waals surface area contributed by atoms with Gasteiger partial charge in [0.25, 0.3) is 0 Å². The number of H-pyrrole nitrogens is 1. The van der Waals surface area contributed by atoms with Gasteiger partial charge in [-0.05, 0) is 38.7 Å². The van der Waals surface area contributed by atoms with Crippen molar-refractivity contribution in [2.45, 2.75) is 55.8 Å². The van der Waals surface area contributed by atoms with Gasteiger partial charge in [-0.25, -0.2) is 4.98 Å². The molecule has 0 radical (unpaired) electrons. The van der Waals surface area contributed by atoms with Gasteiger partial charge < -0.3 is 10.1 Å². The van der Waals surface area contributed by atoms with Gasteiger partial charge in [-0.1, -0.05) is 30.0 Å². The first-order valence-corrected chi connectivity index (χ1v) is 9.71. The molecule has 1 atom stereocenters. The van der Waals surface area contributed by atoms with Crippen LogP contribution in [-0.2, 0) is 4.79 Å². The Labute approximate surface area is 151 Å². The van der Waals surface area contributed by atoms with Crippen LogP contribution in [0.25, 0.3) is 0 Å². The first-order valence-electron chi connectivity index (χ1n) is 8.73.